The molecular formula is C18H34N2O2Si. The molecule has 2 aliphatic heterocycles. The fourth-order valence-electron chi connectivity index (χ4n) is 3.31. The van der Waals surface area contributed by atoms with Gasteiger partial charge in [0.05, 0.1) is 6.61 Å². The molecule has 0 N–H and O–H groups in total. The number of nitrogens with zero attached hydrogens (tertiary/aromatic N) is 2. The Morgan fingerprint density at radius 3 is 2.61 bits per heavy atom. The molecule has 2 fully saturated rings. The molecule has 0 spiro atoms. The first kappa shape index (κ1) is 18.7. The molecule has 0 aromatic carbocycles. The number of rotatable bonds is 4. The largest absolute Gasteiger partial charge is 0.415 e. The minimum atomic E-state index is -1.73. The smallest absolute Gasteiger partial charge is 0.246 e. The second kappa shape index (κ2) is 6.34. The summed E-state index contributed by atoms with van der Waals surface area (Å²) in [5, 5.41) is 0.241. The highest BCUT2D eigenvalue weighted by Gasteiger charge is 2.48. The molecule has 2 rings (SSSR count). The van der Waals surface area contributed by atoms with Gasteiger partial charge in [0.1, 0.15) is 0 Å². The molecular weight excluding hydrogens is 304 g/mol. The Balaban J connectivity index is 2.09. The van der Waals surface area contributed by atoms with Gasteiger partial charge >= 0.3 is 0 Å². The van der Waals surface area contributed by atoms with E-state index in [1.807, 2.05) is 20.2 Å². The van der Waals surface area contributed by atoms with Gasteiger partial charge in [0, 0.05) is 32.3 Å². The molecule has 132 valence electrons. The van der Waals surface area contributed by atoms with E-state index in [1.54, 1.807) is 4.90 Å². The number of fused-ring (bicyclic) bond motifs is 1. The lowest BCUT2D eigenvalue weighted by molar-refractivity contribution is -0.123. The first-order chi connectivity index (χ1) is 10.5. The number of amides is 1. The summed E-state index contributed by atoms with van der Waals surface area (Å²) in [5.41, 5.74) is 1.40. The van der Waals surface area contributed by atoms with Crippen molar-refractivity contribution in [3.8, 4) is 0 Å². The highest BCUT2D eigenvalue weighted by molar-refractivity contribution is 6.74. The molecule has 0 radical (unpaired) electrons. The molecule has 0 saturated carbocycles. The molecule has 2 saturated heterocycles. The Morgan fingerprint density at radius 2 is 2.04 bits per heavy atom. The average Bonchev–Trinajstić information content (AvgIpc) is 2.91. The number of likely N-dealkylation sites (N-methyl/N-ethyl adjacent to an activating group) is 1. The van der Waals surface area contributed by atoms with Gasteiger partial charge in [-0.3, -0.25) is 9.69 Å². The van der Waals surface area contributed by atoms with Crippen LogP contribution >= 0.6 is 0 Å². The number of carbonyl (C=O) groups excluding carboxylic acids is 1. The fourth-order valence-corrected chi connectivity index (χ4v) is 4.37. The van der Waals surface area contributed by atoms with E-state index in [-0.39, 0.29) is 16.5 Å². The minimum absolute atomic E-state index is 0.0987. The third-order valence-electron chi connectivity index (χ3n) is 5.97. The molecule has 2 heterocycles. The standard InChI is InChI=1S/C18H34N2O2Si/c1-17(2,3)23(6,7)22-14-18-9-8-10-20(18)13-15(12-18)11-16(21)19(4)5/h11H,8-10,12-14H2,1-7H3. The predicted octanol–water partition coefficient (Wildman–Crippen LogP) is 3.26. The highest BCUT2D eigenvalue weighted by Crippen LogP contribution is 2.44. The number of hydrogen-bond acceptors (Lipinski definition) is 3. The monoisotopic (exact) mass is 338 g/mol. The van der Waals surface area contributed by atoms with E-state index in [4.69, 9.17) is 4.43 Å². The normalized spacial score (nSPS) is 27.5. The Hall–Kier alpha value is -0.653. The van der Waals surface area contributed by atoms with Crippen LogP contribution in [0.15, 0.2) is 11.6 Å². The summed E-state index contributed by atoms with van der Waals surface area (Å²) in [6, 6.07) is 0. The Kier molecular flexibility index (Phi) is 5.15. The van der Waals surface area contributed by atoms with Gasteiger partial charge in [-0.1, -0.05) is 20.8 Å². The lowest BCUT2D eigenvalue weighted by Crippen LogP contribution is -2.49. The van der Waals surface area contributed by atoms with Crippen LogP contribution in [0.2, 0.25) is 18.1 Å². The van der Waals surface area contributed by atoms with Crippen LogP contribution < -0.4 is 0 Å². The van der Waals surface area contributed by atoms with E-state index in [1.165, 1.54) is 18.4 Å². The molecule has 0 aliphatic carbocycles. The van der Waals surface area contributed by atoms with Gasteiger partial charge in [0.2, 0.25) is 5.91 Å². The summed E-state index contributed by atoms with van der Waals surface area (Å²) in [6.45, 7) is 14.4. The van der Waals surface area contributed by atoms with Crippen LogP contribution in [0.4, 0.5) is 0 Å². The zero-order chi connectivity index (χ0) is 17.5. The van der Waals surface area contributed by atoms with Crippen molar-refractivity contribution in [3.05, 3.63) is 11.6 Å². The van der Waals surface area contributed by atoms with Crippen LogP contribution in [0.25, 0.3) is 0 Å². The van der Waals surface area contributed by atoms with Gasteiger partial charge in [0.15, 0.2) is 8.32 Å². The maximum atomic E-state index is 12.0. The van der Waals surface area contributed by atoms with Gasteiger partial charge in [-0.05, 0) is 49.5 Å². The molecule has 0 bridgehead atoms. The van der Waals surface area contributed by atoms with Crippen LogP contribution in [-0.4, -0.2) is 63.4 Å². The van der Waals surface area contributed by atoms with Gasteiger partial charge in [0.25, 0.3) is 0 Å². The van der Waals surface area contributed by atoms with Crippen molar-refractivity contribution in [2.75, 3.05) is 33.8 Å². The topological polar surface area (TPSA) is 32.8 Å². The maximum absolute atomic E-state index is 12.0. The predicted molar refractivity (Wildman–Crippen MR) is 98.1 cm³/mol. The van der Waals surface area contributed by atoms with Crippen molar-refractivity contribution in [2.24, 2.45) is 0 Å². The van der Waals surface area contributed by atoms with Crippen molar-refractivity contribution >= 4 is 14.2 Å². The third-order valence-corrected chi connectivity index (χ3v) is 10.4. The van der Waals surface area contributed by atoms with E-state index >= 15 is 0 Å². The molecule has 2 aliphatic rings. The Bertz CT molecular complexity index is 494. The molecule has 0 aromatic heterocycles. The zero-order valence-corrected chi connectivity index (χ0v) is 17.0. The number of hydrogen-bond donors (Lipinski definition) is 0. The molecule has 4 nitrogen and oxygen atoms in total. The second-order valence-electron chi connectivity index (χ2n) is 9.01. The Labute approximate surface area is 143 Å². The van der Waals surface area contributed by atoms with E-state index < -0.39 is 8.32 Å². The summed E-state index contributed by atoms with van der Waals surface area (Å²) in [7, 11) is 1.89. The summed E-state index contributed by atoms with van der Waals surface area (Å²) in [4.78, 5) is 16.2. The SMILES string of the molecule is CN(C)C(=O)C=C1CN2CCCC2(CO[Si](C)(C)C(C)(C)C)C1. The fraction of sp³-hybridized carbons (Fsp3) is 0.833. The van der Waals surface area contributed by atoms with Crippen molar-refractivity contribution in [1.82, 2.24) is 9.80 Å². The molecule has 0 aromatic rings. The third kappa shape index (κ3) is 3.89. The first-order valence-corrected chi connectivity index (χ1v) is 11.7. The first-order valence-electron chi connectivity index (χ1n) is 8.77. The summed E-state index contributed by atoms with van der Waals surface area (Å²) in [5.74, 6) is 0.0987. The molecule has 23 heavy (non-hydrogen) atoms. The Morgan fingerprint density at radius 1 is 1.39 bits per heavy atom. The quantitative estimate of drug-likeness (QED) is 0.583. The van der Waals surface area contributed by atoms with Gasteiger partial charge in [-0.25, -0.2) is 0 Å². The average molecular weight is 339 g/mol. The molecule has 1 unspecified atom stereocenters. The van der Waals surface area contributed by atoms with Crippen LogP contribution in [0, 0.1) is 0 Å². The lowest BCUT2D eigenvalue weighted by Gasteiger charge is -2.40. The van der Waals surface area contributed by atoms with Crippen LogP contribution in [-0.2, 0) is 9.22 Å². The molecule has 1 atom stereocenters. The number of carbonyl (C=O) groups is 1. The van der Waals surface area contributed by atoms with Crippen LogP contribution in [0.5, 0.6) is 0 Å². The highest BCUT2D eigenvalue weighted by atomic mass is 28.4. The van der Waals surface area contributed by atoms with E-state index in [9.17, 15) is 4.79 Å². The minimum Gasteiger partial charge on any atom is -0.415 e. The van der Waals surface area contributed by atoms with Gasteiger partial charge < -0.3 is 9.33 Å². The maximum Gasteiger partial charge on any atom is 0.246 e. The van der Waals surface area contributed by atoms with Gasteiger partial charge in [-0.15, -0.1) is 0 Å². The summed E-state index contributed by atoms with van der Waals surface area (Å²) in [6.07, 6.45) is 5.26. The van der Waals surface area contributed by atoms with Crippen molar-refractivity contribution in [2.45, 2.75) is 63.7 Å². The van der Waals surface area contributed by atoms with Crippen molar-refractivity contribution in [1.29, 1.82) is 0 Å². The van der Waals surface area contributed by atoms with E-state index in [0.717, 1.165) is 26.1 Å². The molecule has 5 heteroatoms. The van der Waals surface area contributed by atoms with Crippen molar-refractivity contribution < 1.29 is 9.22 Å². The van der Waals surface area contributed by atoms with E-state index in [2.05, 4.69) is 38.8 Å². The molecule has 1 amide bonds. The van der Waals surface area contributed by atoms with E-state index in [0.29, 0.717) is 0 Å². The van der Waals surface area contributed by atoms with Crippen molar-refractivity contribution in [3.63, 3.8) is 0 Å². The van der Waals surface area contributed by atoms with Crippen LogP contribution in [0.3, 0.4) is 0 Å². The van der Waals surface area contributed by atoms with Crippen LogP contribution in [0.1, 0.15) is 40.0 Å². The zero-order valence-electron chi connectivity index (χ0n) is 16.0. The summed E-state index contributed by atoms with van der Waals surface area (Å²) < 4.78 is 6.56. The second-order valence-corrected chi connectivity index (χ2v) is 13.8. The lowest BCUT2D eigenvalue weighted by atomic mass is 9.93. The summed E-state index contributed by atoms with van der Waals surface area (Å²) >= 11 is 0. The van der Waals surface area contributed by atoms with Gasteiger partial charge in [-0.2, -0.15) is 0 Å².